The van der Waals surface area contributed by atoms with E-state index >= 15 is 0 Å². The van der Waals surface area contributed by atoms with E-state index in [2.05, 4.69) is 64.1 Å². The average molecular weight is 765 g/mol. The second-order valence-electron chi connectivity index (χ2n) is 22.0. The molecule has 0 spiro atoms. The van der Waals surface area contributed by atoms with Crippen molar-refractivity contribution in [3.05, 3.63) is 126 Å². The summed E-state index contributed by atoms with van der Waals surface area (Å²) in [7, 11) is 0. The van der Waals surface area contributed by atoms with Gasteiger partial charge in [-0.3, -0.25) is 20.2 Å². The van der Waals surface area contributed by atoms with Crippen molar-refractivity contribution in [2.75, 3.05) is 0 Å². The smallest absolute Gasteiger partial charge is 0.311 e. The number of phenolic OH excluding ortho intramolecular Hbond substituents is 2. The average Bonchev–Trinajstić information content (AvgIpc) is 3.39. The Balaban J connectivity index is 1.21. The van der Waals surface area contributed by atoms with Crippen LogP contribution in [0.2, 0.25) is 0 Å². The summed E-state index contributed by atoms with van der Waals surface area (Å²) in [5, 5.41) is 46.9. The first-order chi connectivity index (χ1) is 26.9. The van der Waals surface area contributed by atoms with Crippen molar-refractivity contribution < 1.29 is 20.1 Å². The number of benzene rings is 4. The SMILES string of the molecule is CC12CC3CC(C)(C1)CC(c1ccc4c(c1)C(c1ccc(O)c([N+](=O)[O-])c1)(c1ccc(O)c([N+](=O)[O-])c1)c1cc(C56CC7CC(C)(CC(C)(C7)C5)C6)ccc1-4)(C3)C2. The lowest BCUT2D eigenvalue weighted by Crippen LogP contribution is -2.56. The number of aromatic hydroxyl groups is 2. The van der Waals surface area contributed by atoms with Gasteiger partial charge in [0.05, 0.1) is 15.3 Å². The van der Waals surface area contributed by atoms with E-state index < -0.39 is 38.1 Å². The van der Waals surface area contributed by atoms with Crippen LogP contribution < -0.4 is 0 Å². The summed E-state index contributed by atoms with van der Waals surface area (Å²) < 4.78 is 0. The molecule has 0 aromatic heterocycles. The van der Waals surface area contributed by atoms with E-state index in [0.29, 0.717) is 23.0 Å². The fourth-order valence-electron chi connectivity index (χ4n) is 17.1. The van der Waals surface area contributed by atoms with Crippen LogP contribution >= 0.6 is 0 Å². The van der Waals surface area contributed by atoms with E-state index in [1.54, 1.807) is 12.1 Å². The highest BCUT2D eigenvalue weighted by Gasteiger charge is 2.63. The van der Waals surface area contributed by atoms with E-state index in [1.807, 2.05) is 0 Å². The number of nitro groups is 2. The van der Waals surface area contributed by atoms with Crippen molar-refractivity contribution in [1.29, 1.82) is 0 Å². The van der Waals surface area contributed by atoms with Crippen LogP contribution in [0.15, 0.2) is 72.8 Å². The third-order valence-electron chi connectivity index (χ3n) is 16.8. The number of hydrogen-bond donors (Lipinski definition) is 2. The lowest BCUT2D eigenvalue weighted by atomic mass is 9.39. The minimum Gasteiger partial charge on any atom is -0.502 e. The molecule has 9 aliphatic carbocycles. The topological polar surface area (TPSA) is 127 Å². The Morgan fingerprint density at radius 2 is 0.842 bits per heavy atom. The molecule has 8 bridgehead atoms. The first-order valence-corrected chi connectivity index (χ1v) is 21.1. The molecule has 8 heteroatoms. The maximum atomic E-state index is 12.6. The fraction of sp³-hybridized carbons (Fsp3) is 0.510. The number of hydrogen-bond acceptors (Lipinski definition) is 6. The van der Waals surface area contributed by atoms with Gasteiger partial charge in [0.2, 0.25) is 0 Å². The molecule has 0 radical (unpaired) electrons. The second kappa shape index (κ2) is 10.9. The van der Waals surface area contributed by atoms with Gasteiger partial charge in [0.15, 0.2) is 11.5 Å². The fourth-order valence-corrected chi connectivity index (χ4v) is 17.1. The van der Waals surface area contributed by atoms with E-state index in [-0.39, 0.29) is 32.5 Å². The van der Waals surface area contributed by atoms with Gasteiger partial charge in [0, 0.05) is 12.1 Å². The summed E-state index contributed by atoms with van der Waals surface area (Å²) in [6.45, 7) is 9.93. The third-order valence-corrected chi connectivity index (χ3v) is 16.8. The quantitative estimate of drug-likeness (QED) is 0.131. The highest BCUT2D eigenvalue weighted by atomic mass is 16.6. The van der Waals surface area contributed by atoms with Crippen LogP contribution in [0.1, 0.15) is 138 Å². The molecular weight excluding hydrogens is 713 g/mol. The Bertz CT molecular complexity index is 2280. The maximum absolute atomic E-state index is 12.6. The molecular formula is C49H52N2O6. The van der Waals surface area contributed by atoms with Gasteiger partial charge in [-0.1, -0.05) is 76.2 Å². The molecule has 2 N–H and O–H groups in total. The van der Waals surface area contributed by atoms with Crippen molar-refractivity contribution in [2.45, 2.75) is 121 Å². The van der Waals surface area contributed by atoms with Crippen LogP contribution in [-0.4, -0.2) is 20.1 Å². The second-order valence-corrected chi connectivity index (χ2v) is 22.0. The molecule has 57 heavy (non-hydrogen) atoms. The Morgan fingerprint density at radius 1 is 0.491 bits per heavy atom. The largest absolute Gasteiger partial charge is 0.502 e. The van der Waals surface area contributed by atoms with Crippen LogP contribution in [0, 0.1) is 53.7 Å². The lowest BCUT2D eigenvalue weighted by molar-refractivity contribution is -0.386. The highest BCUT2D eigenvalue weighted by Crippen LogP contribution is 2.72. The van der Waals surface area contributed by atoms with E-state index in [9.17, 15) is 30.4 Å². The number of fused-ring (bicyclic) bond motifs is 3. The number of phenols is 2. The summed E-state index contributed by atoms with van der Waals surface area (Å²) in [6.07, 6.45) is 14.3. The maximum Gasteiger partial charge on any atom is 0.311 e. The van der Waals surface area contributed by atoms with Gasteiger partial charge < -0.3 is 10.2 Å². The van der Waals surface area contributed by atoms with E-state index in [1.165, 1.54) is 73.9 Å². The van der Waals surface area contributed by atoms with Crippen molar-refractivity contribution in [1.82, 2.24) is 0 Å². The highest BCUT2D eigenvalue weighted by molar-refractivity contribution is 5.88. The van der Waals surface area contributed by atoms with Gasteiger partial charge in [-0.05, 0) is 178 Å². The predicted octanol–water partition coefficient (Wildman–Crippen LogP) is 11.8. The van der Waals surface area contributed by atoms with E-state index in [0.717, 1.165) is 60.8 Å². The van der Waals surface area contributed by atoms with E-state index in [4.69, 9.17) is 0 Å². The van der Waals surface area contributed by atoms with Gasteiger partial charge in [-0.15, -0.1) is 0 Å². The predicted molar refractivity (Wildman–Crippen MR) is 219 cm³/mol. The molecule has 294 valence electrons. The normalized spacial score (nSPS) is 37.3. The molecule has 8 fully saturated rings. The van der Waals surface area contributed by atoms with Crippen LogP contribution in [-0.2, 0) is 16.2 Å². The summed E-state index contributed by atoms with van der Waals surface area (Å²) in [4.78, 5) is 24.1. The lowest BCUT2D eigenvalue weighted by Gasteiger charge is -2.65. The molecule has 13 rings (SSSR count). The summed E-state index contributed by atoms with van der Waals surface area (Å²) in [5.41, 5.74) is 6.60. The van der Waals surface area contributed by atoms with Crippen molar-refractivity contribution in [2.24, 2.45) is 33.5 Å². The van der Waals surface area contributed by atoms with Crippen molar-refractivity contribution in [3.63, 3.8) is 0 Å². The van der Waals surface area contributed by atoms with Gasteiger partial charge in [-0.2, -0.15) is 0 Å². The van der Waals surface area contributed by atoms with Crippen molar-refractivity contribution >= 4 is 11.4 Å². The molecule has 0 aliphatic heterocycles. The molecule has 9 aliphatic rings. The summed E-state index contributed by atoms with van der Waals surface area (Å²) >= 11 is 0. The third kappa shape index (κ3) is 4.79. The zero-order valence-corrected chi connectivity index (χ0v) is 33.5. The molecule has 0 saturated heterocycles. The molecule has 4 aromatic rings. The number of nitrogens with zero attached hydrogens (tertiary/aromatic N) is 2. The Labute approximate surface area is 334 Å². The number of rotatable bonds is 6. The molecule has 0 amide bonds. The monoisotopic (exact) mass is 764 g/mol. The first kappa shape index (κ1) is 35.4. The Hall–Kier alpha value is -4.72. The zero-order chi connectivity index (χ0) is 39.7. The molecule has 0 heterocycles. The molecule has 4 atom stereocenters. The minimum atomic E-state index is -1.22. The molecule has 4 aromatic carbocycles. The molecule has 8 nitrogen and oxygen atoms in total. The van der Waals surface area contributed by atoms with Gasteiger partial charge in [0.1, 0.15) is 0 Å². The van der Waals surface area contributed by atoms with Crippen molar-refractivity contribution in [3.8, 4) is 22.6 Å². The first-order valence-electron chi connectivity index (χ1n) is 21.1. The summed E-state index contributed by atoms with van der Waals surface area (Å²) in [5.74, 6) is 0.471. The Morgan fingerprint density at radius 3 is 1.18 bits per heavy atom. The minimum absolute atomic E-state index is 0.0182. The van der Waals surface area contributed by atoms with Gasteiger partial charge >= 0.3 is 11.4 Å². The zero-order valence-electron chi connectivity index (χ0n) is 33.5. The number of nitro benzene ring substituents is 2. The Kier molecular flexibility index (Phi) is 6.75. The van der Waals surface area contributed by atoms with Crippen LogP contribution in [0.5, 0.6) is 11.5 Å². The molecule has 8 saturated carbocycles. The van der Waals surface area contributed by atoms with Gasteiger partial charge in [0.25, 0.3) is 0 Å². The van der Waals surface area contributed by atoms with Crippen LogP contribution in [0.4, 0.5) is 11.4 Å². The summed E-state index contributed by atoms with van der Waals surface area (Å²) in [6, 6.07) is 23.2. The standard InChI is InChI=1S/C49H52N2O6/c1-43-17-29-18-44(2,23-43)26-47(21-29,25-43)31-5-9-35-36-10-6-32(48-22-30-19-45(3,27-48)24-46(4,20-30)28-48)14-38(36)49(37(35)13-31,33-7-11-41(52)39(15-33)50(54)55)34-8-12-42(53)40(16-34)51(56)57/h5-16,29-30,52-53H,17-28H2,1-4H3. The van der Waals surface area contributed by atoms with Gasteiger partial charge in [-0.25, -0.2) is 0 Å². The van der Waals surface area contributed by atoms with Crippen LogP contribution in [0.25, 0.3) is 11.1 Å². The van der Waals surface area contributed by atoms with Crippen LogP contribution in [0.3, 0.4) is 0 Å². The molecule has 4 unspecified atom stereocenters.